The maximum Gasteiger partial charge on any atom is 0.139 e. The lowest BCUT2D eigenvalue weighted by atomic mass is 9.67. The quantitative estimate of drug-likeness (QED) is 0.681. The van der Waals surface area contributed by atoms with Gasteiger partial charge in [0.1, 0.15) is 5.82 Å². The Morgan fingerprint density at radius 1 is 1.28 bits per heavy atom. The number of rotatable bonds is 0. The van der Waals surface area contributed by atoms with Crippen molar-refractivity contribution in [2.24, 2.45) is 0 Å². The highest BCUT2D eigenvalue weighted by atomic mass is 79.9. The second kappa shape index (κ2) is 3.60. The van der Waals surface area contributed by atoms with Crippen LogP contribution in [0.5, 0.6) is 0 Å². The number of hydrogen-bond acceptors (Lipinski definition) is 1. The van der Waals surface area contributed by atoms with Gasteiger partial charge in [0.25, 0.3) is 0 Å². The molecule has 1 unspecified atom stereocenters. The Bertz CT molecular complexity index is 562. The highest BCUT2D eigenvalue weighted by molar-refractivity contribution is 9.10. The first-order chi connectivity index (χ1) is 8.34. The lowest BCUT2D eigenvalue weighted by molar-refractivity contribution is 0.458. The Morgan fingerprint density at radius 3 is 2.72 bits per heavy atom. The number of halogens is 2. The van der Waals surface area contributed by atoms with Crippen LogP contribution in [0.15, 0.2) is 28.3 Å². The average molecular weight is 310 g/mol. The van der Waals surface area contributed by atoms with E-state index in [-0.39, 0.29) is 16.8 Å². The molecule has 18 heavy (non-hydrogen) atoms. The topological polar surface area (TPSA) is 12.0 Å². The largest absolute Gasteiger partial charge is 0.376 e. The van der Waals surface area contributed by atoms with Crippen molar-refractivity contribution in [1.82, 2.24) is 0 Å². The molecular weight excluding hydrogens is 293 g/mol. The molecule has 0 aromatic heterocycles. The molecule has 0 spiro atoms. The van der Waals surface area contributed by atoms with Gasteiger partial charge in [-0.3, -0.25) is 0 Å². The van der Waals surface area contributed by atoms with E-state index in [1.54, 1.807) is 6.07 Å². The second-order valence-corrected chi connectivity index (χ2v) is 6.90. The summed E-state index contributed by atoms with van der Waals surface area (Å²) in [6.07, 6.45) is 4.55. The number of allylic oxidation sites excluding steroid dienone is 1. The van der Waals surface area contributed by atoms with Gasteiger partial charge in [-0.2, -0.15) is 0 Å². The van der Waals surface area contributed by atoms with E-state index in [9.17, 15) is 4.39 Å². The Balaban J connectivity index is 2.27. The number of benzene rings is 1. The summed E-state index contributed by atoms with van der Waals surface area (Å²) in [6.45, 7) is 6.62. The molecule has 1 aliphatic heterocycles. The van der Waals surface area contributed by atoms with E-state index in [0.717, 1.165) is 18.5 Å². The molecule has 0 radical (unpaired) electrons. The van der Waals surface area contributed by atoms with Gasteiger partial charge < -0.3 is 5.32 Å². The minimum atomic E-state index is -0.203. The van der Waals surface area contributed by atoms with Gasteiger partial charge in [0.05, 0.1) is 10.0 Å². The van der Waals surface area contributed by atoms with Crippen molar-refractivity contribution < 1.29 is 4.39 Å². The van der Waals surface area contributed by atoms with Crippen molar-refractivity contribution in [2.75, 3.05) is 5.32 Å². The predicted molar refractivity (Wildman–Crippen MR) is 76.5 cm³/mol. The number of fused-ring (bicyclic) bond motifs is 3. The molecule has 0 saturated carbocycles. The number of anilines is 1. The highest BCUT2D eigenvalue weighted by Gasteiger charge is 2.46. The van der Waals surface area contributed by atoms with Crippen molar-refractivity contribution in [3.8, 4) is 0 Å². The van der Waals surface area contributed by atoms with Crippen LogP contribution < -0.4 is 5.32 Å². The summed E-state index contributed by atoms with van der Waals surface area (Å²) in [5.74, 6) is -0.203. The van der Waals surface area contributed by atoms with E-state index in [4.69, 9.17) is 0 Å². The predicted octanol–water partition coefficient (Wildman–Crippen LogP) is 4.77. The van der Waals surface area contributed by atoms with Crippen LogP contribution in [-0.4, -0.2) is 5.54 Å². The summed E-state index contributed by atoms with van der Waals surface area (Å²) in [5, 5.41) is 3.47. The summed E-state index contributed by atoms with van der Waals surface area (Å²) >= 11 is 3.30. The molecular formula is C15H17BrFN. The summed E-state index contributed by atoms with van der Waals surface area (Å²) in [6, 6.07) is 3.55. The molecule has 3 heteroatoms. The fraction of sp³-hybridized carbons (Fsp3) is 0.467. The molecule has 0 fully saturated rings. The lowest BCUT2D eigenvalue weighted by Gasteiger charge is -2.46. The van der Waals surface area contributed by atoms with Crippen LogP contribution in [0.1, 0.15) is 39.2 Å². The monoisotopic (exact) mass is 309 g/mol. The second-order valence-electron chi connectivity index (χ2n) is 6.05. The van der Waals surface area contributed by atoms with Gasteiger partial charge >= 0.3 is 0 Å². The molecule has 1 N–H and O–H groups in total. The normalized spacial score (nSPS) is 28.2. The molecule has 96 valence electrons. The van der Waals surface area contributed by atoms with Crippen LogP contribution in [0.2, 0.25) is 0 Å². The van der Waals surface area contributed by atoms with E-state index in [0.29, 0.717) is 4.47 Å². The van der Waals surface area contributed by atoms with Crippen molar-refractivity contribution >= 4 is 21.6 Å². The van der Waals surface area contributed by atoms with Crippen molar-refractivity contribution in [3.05, 3.63) is 39.6 Å². The van der Waals surface area contributed by atoms with Gasteiger partial charge in [0.15, 0.2) is 0 Å². The average Bonchev–Trinajstić information content (AvgIpc) is 2.66. The van der Waals surface area contributed by atoms with Crippen LogP contribution in [0, 0.1) is 5.82 Å². The SMILES string of the molecule is CC1(C)Nc2cc(F)c(Br)cc2C2(C)CCC=C12. The maximum atomic E-state index is 13.7. The molecule has 1 heterocycles. The summed E-state index contributed by atoms with van der Waals surface area (Å²) < 4.78 is 14.3. The number of hydrogen-bond donors (Lipinski definition) is 1. The van der Waals surface area contributed by atoms with E-state index in [1.807, 2.05) is 6.07 Å². The van der Waals surface area contributed by atoms with Gasteiger partial charge in [-0.1, -0.05) is 13.0 Å². The fourth-order valence-electron chi connectivity index (χ4n) is 3.60. The van der Waals surface area contributed by atoms with E-state index in [2.05, 4.69) is 48.1 Å². The molecule has 0 bridgehead atoms. The van der Waals surface area contributed by atoms with Crippen molar-refractivity contribution in [2.45, 2.75) is 44.6 Å². The van der Waals surface area contributed by atoms with Crippen LogP contribution in [-0.2, 0) is 5.41 Å². The van der Waals surface area contributed by atoms with Crippen molar-refractivity contribution in [3.63, 3.8) is 0 Å². The third kappa shape index (κ3) is 1.49. The summed E-state index contributed by atoms with van der Waals surface area (Å²) in [7, 11) is 0. The Hall–Kier alpha value is -0.830. The van der Waals surface area contributed by atoms with Gasteiger partial charge in [-0.05, 0) is 65.9 Å². The zero-order valence-electron chi connectivity index (χ0n) is 10.9. The molecule has 1 aliphatic carbocycles. The Labute approximate surface area is 116 Å². The van der Waals surface area contributed by atoms with Gasteiger partial charge in [0.2, 0.25) is 0 Å². The molecule has 1 atom stereocenters. The zero-order valence-corrected chi connectivity index (χ0v) is 12.5. The first-order valence-corrected chi connectivity index (χ1v) is 7.13. The molecule has 1 aromatic carbocycles. The van der Waals surface area contributed by atoms with Crippen LogP contribution in [0.25, 0.3) is 0 Å². The van der Waals surface area contributed by atoms with E-state index < -0.39 is 0 Å². The third-order valence-corrected chi connectivity index (χ3v) is 4.97. The zero-order chi connectivity index (χ0) is 13.1. The third-order valence-electron chi connectivity index (χ3n) is 4.36. The maximum absolute atomic E-state index is 13.7. The summed E-state index contributed by atoms with van der Waals surface area (Å²) in [4.78, 5) is 0. The molecule has 1 aromatic rings. The lowest BCUT2D eigenvalue weighted by Crippen LogP contribution is -2.45. The molecule has 3 rings (SSSR count). The van der Waals surface area contributed by atoms with Crippen LogP contribution in [0.3, 0.4) is 0 Å². The van der Waals surface area contributed by atoms with Gasteiger partial charge in [0, 0.05) is 11.1 Å². The molecule has 1 nitrogen and oxygen atoms in total. The van der Waals surface area contributed by atoms with Gasteiger partial charge in [-0.25, -0.2) is 4.39 Å². The fourth-order valence-corrected chi connectivity index (χ4v) is 3.94. The first kappa shape index (κ1) is 12.2. The smallest absolute Gasteiger partial charge is 0.139 e. The van der Waals surface area contributed by atoms with Crippen LogP contribution >= 0.6 is 15.9 Å². The van der Waals surface area contributed by atoms with E-state index in [1.165, 1.54) is 11.1 Å². The van der Waals surface area contributed by atoms with Gasteiger partial charge in [-0.15, -0.1) is 0 Å². The van der Waals surface area contributed by atoms with Crippen LogP contribution in [0.4, 0.5) is 10.1 Å². The number of nitrogens with one attached hydrogen (secondary N) is 1. The first-order valence-electron chi connectivity index (χ1n) is 6.33. The minimum Gasteiger partial charge on any atom is -0.376 e. The molecule has 2 aliphatic rings. The Morgan fingerprint density at radius 2 is 2.00 bits per heavy atom. The minimum absolute atomic E-state index is 0.0420. The van der Waals surface area contributed by atoms with E-state index >= 15 is 0 Å². The Kier molecular flexibility index (Phi) is 2.44. The molecule has 0 amide bonds. The van der Waals surface area contributed by atoms with Crippen molar-refractivity contribution in [1.29, 1.82) is 0 Å². The standard InChI is InChI=1S/C15H17BrFN/c1-14(2)13-5-4-6-15(13,3)9-7-10(16)11(17)8-12(9)18-14/h5,7-8,18H,4,6H2,1-3H3. The highest BCUT2D eigenvalue weighted by Crippen LogP contribution is 2.53. The summed E-state index contributed by atoms with van der Waals surface area (Å²) in [5.41, 5.74) is 3.51. The molecule has 0 saturated heterocycles.